The number of benzene rings is 1. The van der Waals surface area contributed by atoms with E-state index in [0.29, 0.717) is 17.8 Å². The van der Waals surface area contributed by atoms with E-state index in [4.69, 9.17) is 23.2 Å². The molecule has 4 aliphatic carbocycles. The second kappa shape index (κ2) is 6.71. The van der Waals surface area contributed by atoms with Crippen LogP contribution in [0.25, 0.3) is 0 Å². The Balaban J connectivity index is 1.62. The molecule has 7 nitrogen and oxygen atoms in total. The van der Waals surface area contributed by atoms with Crippen LogP contribution >= 0.6 is 23.2 Å². The Kier molecular flexibility index (Phi) is 4.37. The van der Waals surface area contributed by atoms with Crippen LogP contribution in [0.2, 0.25) is 10.0 Å². The second-order valence-electron chi connectivity index (χ2n) is 8.68. The molecule has 4 bridgehead atoms. The maximum Gasteiger partial charge on any atom is 0.331 e. The zero-order valence-corrected chi connectivity index (χ0v) is 17.1. The fourth-order valence-electron chi connectivity index (χ4n) is 6.07. The molecule has 152 valence electrons. The van der Waals surface area contributed by atoms with E-state index in [-0.39, 0.29) is 21.4 Å². The molecule has 0 radical (unpaired) electrons. The average molecular weight is 435 g/mol. The third kappa shape index (κ3) is 3.02. The van der Waals surface area contributed by atoms with Gasteiger partial charge < -0.3 is 5.11 Å². The third-order valence-corrected chi connectivity index (χ3v) is 7.34. The van der Waals surface area contributed by atoms with E-state index in [1.165, 1.54) is 23.8 Å². The van der Waals surface area contributed by atoms with Crippen LogP contribution < -0.4 is 11.2 Å². The number of hydrogen-bond acceptors (Lipinski definition) is 5. The van der Waals surface area contributed by atoms with Crippen LogP contribution in [0.5, 0.6) is 5.88 Å². The summed E-state index contributed by atoms with van der Waals surface area (Å²) in [6.07, 6.45) is 6.09. The molecule has 4 saturated carbocycles. The van der Waals surface area contributed by atoms with E-state index in [2.05, 4.69) is 15.2 Å². The number of aromatic hydroxyl groups is 1. The standard InChI is InChI=1S/C20H20Cl2N4O3/c21-13-2-1-3-14(22)15(13)24-25-16-17(27)23-19(29)26(18(16)28)20-7-10-4-11(8-20)6-12(5-10)9-20/h1-3,10-12,28H,4-9H2,(H,23,27,29). The van der Waals surface area contributed by atoms with Crippen molar-refractivity contribution in [3.8, 4) is 5.88 Å². The maximum absolute atomic E-state index is 12.7. The smallest absolute Gasteiger partial charge is 0.331 e. The van der Waals surface area contributed by atoms with E-state index >= 15 is 0 Å². The first-order chi connectivity index (χ1) is 13.9. The SMILES string of the molecule is O=c1[nH]c(=O)n(C23CC4CC(CC(C4)C2)C3)c(O)c1N=Nc1c(Cl)cccc1Cl. The molecule has 1 heterocycles. The zero-order chi connectivity index (χ0) is 20.3. The Morgan fingerprint density at radius 3 is 2.03 bits per heavy atom. The van der Waals surface area contributed by atoms with Crippen molar-refractivity contribution in [3.63, 3.8) is 0 Å². The average Bonchev–Trinajstić information content (AvgIpc) is 2.61. The molecule has 0 saturated heterocycles. The summed E-state index contributed by atoms with van der Waals surface area (Å²) in [5, 5.41) is 19.4. The Hall–Kier alpha value is -2.12. The second-order valence-corrected chi connectivity index (χ2v) is 9.49. The molecule has 4 aliphatic rings. The topological polar surface area (TPSA) is 99.8 Å². The number of azo groups is 1. The molecule has 6 rings (SSSR count). The van der Waals surface area contributed by atoms with Crippen molar-refractivity contribution in [2.45, 2.75) is 44.1 Å². The van der Waals surface area contributed by atoms with Gasteiger partial charge in [0.05, 0.1) is 15.6 Å². The Labute approximate surface area is 176 Å². The number of H-pyrrole nitrogens is 1. The number of aromatic amines is 1. The van der Waals surface area contributed by atoms with Gasteiger partial charge in [0.1, 0.15) is 5.69 Å². The van der Waals surface area contributed by atoms with Gasteiger partial charge in [-0.15, -0.1) is 10.2 Å². The highest BCUT2D eigenvalue weighted by molar-refractivity contribution is 6.38. The predicted octanol–water partition coefficient (Wildman–Crippen LogP) is 4.89. The molecule has 4 fully saturated rings. The Morgan fingerprint density at radius 2 is 1.48 bits per heavy atom. The van der Waals surface area contributed by atoms with Crippen LogP contribution in [0.3, 0.4) is 0 Å². The van der Waals surface area contributed by atoms with E-state index < -0.39 is 22.7 Å². The maximum atomic E-state index is 12.7. The summed E-state index contributed by atoms with van der Waals surface area (Å²) in [5.41, 5.74) is -1.96. The van der Waals surface area contributed by atoms with Crippen LogP contribution in [-0.4, -0.2) is 14.7 Å². The molecule has 0 aliphatic heterocycles. The summed E-state index contributed by atoms with van der Waals surface area (Å²) in [4.78, 5) is 27.4. The Morgan fingerprint density at radius 1 is 0.966 bits per heavy atom. The van der Waals surface area contributed by atoms with Crippen LogP contribution in [0.15, 0.2) is 38.0 Å². The van der Waals surface area contributed by atoms with Gasteiger partial charge >= 0.3 is 5.69 Å². The van der Waals surface area contributed by atoms with Crippen molar-refractivity contribution in [1.29, 1.82) is 0 Å². The first-order valence-corrected chi connectivity index (χ1v) is 10.6. The van der Waals surface area contributed by atoms with Gasteiger partial charge in [-0.25, -0.2) is 4.79 Å². The van der Waals surface area contributed by atoms with E-state index in [1.54, 1.807) is 18.2 Å². The monoisotopic (exact) mass is 434 g/mol. The van der Waals surface area contributed by atoms with E-state index in [9.17, 15) is 14.7 Å². The van der Waals surface area contributed by atoms with Crippen molar-refractivity contribution in [1.82, 2.24) is 9.55 Å². The summed E-state index contributed by atoms with van der Waals surface area (Å²) in [6, 6.07) is 4.87. The number of hydrogen-bond donors (Lipinski definition) is 2. The molecule has 29 heavy (non-hydrogen) atoms. The minimum absolute atomic E-state index is 0.196. The molecule has 2 N–H and O–H groups in total. The van der Waals surface area contributed by atoms with Crippen LogP contribution in [-0.2, 0) is 5.54 Å². The van der Waals surface area contributed by atoms with Crippen molar-refractivity contribution in [2.75, 3.05) is 0 Å². The van der Waals surface area contributed by atoms with Gasteiger partial charge in [-0.3, -0.25) is 14.3 Å². The highest BCUT2D eigenvalue weighted by Crippen LogP contribution is 2.59. The molecule has 1 aromatic heterocycles. The van der Waals surface area contributed by atoms with Gasteiger partial charge in [-0.05, 0) is 68.4 Å². The van der Waals surface area contributed by atoms with Gasteiger partial charge in [-0.1, -0.05) is 29.3 Å². The first kappa shape index (κ1) is 18.9. The normalized spacial score (nSPS) is 30.3. The van der Waals surface area contributed by atoms with Gasteiger partial charge in [-0.2, -0.15) is 0 Å². The summed E-state index contributed by atoms with van der Waals surface area (Å²) in [6.45, 7) is 0. The molecule has 0 spiro atoms. The minimum Gasteiger partial charge on any atom is -0.493 e. The summed E-state index contributed by atoms with van der Waals surface area (Å²) >= 11 is 12.2. The molecule has 0 unspecified atom stereocenters. The highest BCUT2D eigenvalue weighted by atomic mass is 35.5. The first-order valence-electron chi connectivity index (χ1n) is 9.81. The lowest BCUT2D eigenvalue weighted by Crippen LogP contribution is -2.55. The fourth-order valence-corrected chi connectivity index (χ4v) is 6.54. The van der Waals surface area contributed by atoms with Crippen LogP contribution in [0.1, 0.15) is 38.5 Å². The summed E-state index contributed by atoms with van der Waals surface area (Å²) < 4.78 is 1.36. The van der Waals surface area contributed by atoms with Crippen molar-refractivity contribution < 1.29 is 5.11 Å². The van der Waals surface area contributed by atoms with Gasteiger partial charge in [0, 0.05) is 0 Å². The number of nitrogens with zero attached hydrogens (tertiary/aromatic N) is 3. The molecule has 9 heteroatoms. The molecular formula is C20H20Cl2N4O3. The summed E-state index contributed by atoms with van der Waals surface area (Å²) in [7, 11) is 0. The molecule has 0 amide bonds. The number of nitrogens with one attached hydrogen (secondary N) is 1. The largest absolute Gasteiger partial charge is 0.493 e. The lowest BCUT2D eigenvalue weighted by atomic mass is 9.53. The van der Waals surface area contributed by atoms with Gasteiger partial charge in [0.25, 0.3) is 5.56 Å². The summed E-state index contributed by atoms with van der Waals surface area (Å²) in [5.74, 6) is 1.25. The third-order valence-electron chi connectivity index (χ3n) is 6.73. The predicted molar refractivity (Wildman–Crippen MR) is 110 cm³/mol. The molecule has 1 aromatic carbocycles. The molecule has 2 aromatic rings. The highest BCUT2D eigenvalue weighted by Gasteiger charge is 2.53. The quantitative estimate of drug-likeness (QED) is 0.672. The number of aromatic nitrogens is 2. The Bertz CT molecular complexity index is 1080. The molecule has 0 atom stereocenters. The van der Waals surface area contributed by atoms with Crippen molar-refractivity contribution >= 4 is 34.6 Å². The van der Waals surface area contributed by atoms with Crippen molar-refractivity contribution in [2.24, 2.45) is 28.0 Å². The van der Waals surface area contributed by atoms with E-state index in [0.717, 1.165) is 19.3 Å². The lowest BCUT2D eigenvalue weighted by Gasteiger charge is -2.57. The van der Waals surface area contributed by atoms with Crippen molar-refractivity contribution in [3.05, 3.63) is 49.1 Å². The number of halogens is 2. The van der Waals surface area contributed by atoms with E-state index in [1.807, 2.05) is 0 Å². The van der Waals surface area contributed by atoms with Crippen LogP contribution in [0.4, 0.5) is 11.4 Å². The van der Waals surface area contributed by atoms with Gasteiger partial charge in [0.2, 0.25) is 11.6 Å². The molecular weight excluding hydrogens is 415 g/mol. The number of rotatable bonds is 3. The lowest BCUT2D eigenvalue weighted by molar-refractivity contribution is -0.0484. The minimum atomic E-state index is -0.791. The fraction of sp³-hybridized carbons (Fsp3) is 0.500. The van der Waals surface area contributed by atoms with Crippen LogP contribution in [0, 0.1) is 17.8 Å². The zero-order valence-electron chi connectivity index (χ0n) is 15.6. The van der Waals surface area contributed by atoms with Gasteiger partial charge in [0.15, 0.2) is 0 Å².